The van der Waals surface area contributed by atoms with Crippen LogP contribution in [-0.2, 0) is 11.3 Å². The molecule has 8 nitrogen and oxygen atoms in total. The zero-order chi connectivity index (χ0) is 23.0. The van der Waals surface area contributed by atoms with E-state index in [9.17, 15) is 27.9 Å². The van der Waals surface area contributed by atoms with E-state index in [0.717, 1.165) is 20.7 Å². The van der Waals surface area contributed by atoms with Crippen LogP contribution in [0.1, 0.15) is 25.3 Å². The third-order valence-electron chi connectivity index (χ3n) is 5.64. The Kier molecular flexibility index (Phi) is 6.41. The summed E-state index contributed by atoms with van der Waals surface area (Å²) in [4.78, 5) is 30.9. The number of carbonyl (C=O) groups is 1. The molecular weight excluding hydrogens is 515 g/mol. The standard InChI is InChI=1S/C19H19BrF3N5O3S/c20-16-15-11(8-32-16)18(30)27(10-24-15)9-19(31)2-5-26(6-3-19)14(29)7-12(17(22)23)28-4-1-13(21)25-28/h1,4,8,10,12,17,31H,2-3,5-7,9H2. The second-order valence-electron chi connectivity index (χ2n) is 7.78. The van der Waals surface area contributed by atoms with Crippen LogP contribution in [0.5, 0.6) is 0 Å². The van der Waals surface area contributed by atoms with E-state index in [1.807, 2.05) is 0 Å². The minimum absolute atomic E-state index is 0.0104. The molecule has 13 heteroatoms. The highest BCUT2D eigenvalue weighted by Crippen LogP contribution is 2.29. The second kappa shape index (κ2) is 8.94. The molecule has 3 aromatic rings. The number of thiophene rings is 1. The summed E-state index contributed by atoms with van der Waals surface area (Å²) >= 11 is 4.70. The molecule has 1 aliphatic rings. The Morgan fingerprint density at radius 3 is 2.69 bits per heavy atom. The fourth-order valence-electron chi connectivity index (χ4n) is 3.80. The van der Waals surface area contributed by atoms with E-state index in [1.54, 1.807) is 5.38 Å². The molecule has 0 saturated carbocycles. The third-order valence-corrected chi connectivity index (χ3v) is 7.33. The summed E-state index contributed by atoms with van der Waals surface area (Å²) in [5, 5.41) is 16.5. The number of hydrogen-bond donors (Lipinski definition) is 1. The summed E-state index contributed by atoms with van der Waals surface area (Å²) in [7, 11) is 0. The number of aromatic nitrogens is 4. The molecule has 0 aliphatic carbocycles. The van der Waals surface area contributed by atoms with Gasteiger partial charge in [0, 0.05) is 30.7 Å². The van der Waals surface area contributed by atoms with E-state index in [2.05, 4.69) is 26.0 Å². The number of alkyl halides is 2. The third kappa shape index (κ3) is 4.59. The first-order chi connectivity index (χ1) is 15.2. The topological polar surface area (TPSA) is 93.2 Å². The van der Waals surface area contributed by atoms with Crippen LogP contribution >= 0.6 is 27.3 Å². The Morgan fingerprint density at radius 2 is 2.06 bits per heavy atom. The van der Waals surface area contributed by atoms with Crippen molar-refractivity contribution in [1.82, 2.24) is 24.2 Å². The van der Waals surface area contributed by atoms with E-state index in [1.165, 1.54) is 27.1 Å². The Morgan fingerprint density at radius 1 is 1.34 bits per heavy atom. The average molecular weight is 534 g/mol. The summed E-state index contributed by atoms with van der Waals surface area (Å²) in [6.07, 6.45) is -0.633. The molecule has 172 valence electrons. The lowest BCUT2D eigenvalue weighted by Gasteiger charge is -2.38. The fraction of sp³-hybridized carbons (Fsp3) is 0.474. The highest BCUT2D eigenvalue weighted by Gasteiger charge is 2.36. The lowest BCUT2D eigenvalue weighted by Crippen LogP contribution is -2.50. The van der Waals surface area contributed by atoms with Crippen LogP contribution in [0.2, 0.25) is 0 Å². The molecule has 0 aromatic carbocycles. The monoisotopic (exact) mass is 533 g/mol. The quantitative estimate of drug-likeness (QED) is 0.525. The van der Waals surface area contributed by atoms with Crippen molar-refractivity contribution in [3.8, 4) is 0 Å². The average Bonchev–Trinajstić information content (AvgIpc) is 3.34. The van der Waals surface area contributed by atoms with Crippen molar-refractivity contribution >= 4 is 44.1 Å². The lowest BCUT2D eigenvalue weighted by molar-refractivity contribution is -0.138. The maximum atomic E-state index is 13.4. The number of carbonyl (C=O) groups excluding carboxylic acids is 1. The van der Waals surface area contributed by atoms with Crippen molar-refractivity contribution in [3.05, 3.63) is 44.1 Å². The Bertz CT molecular complexity index is 1190. The molecule has 0 bridgehead atoms. The van der Waals surface area contributed by atoms with Gasteiger partial charge in [-0.3, -0.25) is 18.8 Å². The van der Waals surface area contributed by atoms with Gasteiger partial charge in [0.2, 0.25) is 11.9 Å². The molecule has 1 atom stereocenters. The summed E-state index contributed by atoms with van der Waals surface area (Å²) in [6.45, 7) is 0.302. The predicted molar refractivity (Wildman–Crippen MR) is 114 cm³/mol. The number of piperidine rings is 1. The van der Waals surface area contributed by atoms with E-state index in [0.29, 0.717) is 10.9 Å². The van der Waals surface area contributed by atoms with Gasteiger partial charge < -0.3 is 10.0 Å². The number of fused-ring (bicyclic) bond motifs is 1. The van der Waals surface area contributed by atoms with Gasteiger partial charge in [0.05, 0.1) is 34.1 Å². The molecule has 1 aliphatic heterocycles. The highest BCUT2D eigenvalue weighted by atomic mass is 79.9. The maximum absolute atomic E-state index is 13.4. The van der Waals surface area contributed by atoms with Gasteiger partial charge in [-0.25, -0.2) is 13.8 Å². The first kappa shape index (κ1) is 22.9. The van der Waals surface area contributed by atoms with Gasteiger partial charge in [-0.1, -0.05) is 0 Å². The van der Waals surface area contributed by atoms with Crippen LogP contribution in [0, 0.1) is 5.95 Å². The molecule has 4 heterocycles. The number of likely N-dealkylation sites (tertiary alicyclic amines) is 1. The van der Waals surface area contributed by atoms with Gasteiger partial charge in [0.15, 0.2) is 0 Å². The van der Waals surface area contributed by atoms with Crippen molar-refractivity contribution in [1.29, 1.82) is 0 Å². The summed E-state index contributed by atoms with van der Waals surface area (Å²) in [5.41, 5.74) is -0.944. The zero-order valence-electron chi connectivity index (χ0n) is 16.6. The Hall–Kier alpha value is -2.25. The lowest BCUT2D eigenvalue weighted by atomic mass is 9.91. The Labute approximate surface area is 192 Å². The first-order valence-electron chi connectivity index (χ1n) is 9.78. The normalized spacial score (nSPS) is 17.2. The molecule has 0 radical (unpaired) electrons. The van der Waals surface area contributed by atoms with Crippen molar-refractivity contribution in [2.75, 3.05) is 13.1 Å². The van der Waals surface area contributed by atoms with Gasteiger partial charge in [-0.15, -0.1) is 16.4 Å². The van der Waals surface area contributed by atoms with Crippen LogP contribution in [0.25, 0.3) is 10.9 Å². The molecule has 1 fully saturated rings. The molecule has 1 amide bonds. The summed E-state index contributed by atoms with van der Waals surface area (Å²) in [6, 6.07) is -0.627. The molecule has 0 spiro atoms. The van der Waals surface area contributed by atoms with Gasteiger partial charge in [0.1, 0.15) is 11.6 Å². The molecule has 1 N–H and O–H groups in total. The number of amides is 1. The first-order valence-corrected chi connectivity index (χ1v) is 11.5. The molecule has 1 saturated heterocycles. The van der Waals surface area contributed by atoms with Crippen molar-refractivity contribution in [3.63, 3.8) is 0 Å². The van der Waals surface area contributed by atoms with Crippen LogP contribution in [0.4, 0.5) is 13.2 Å². The SMILES string of the molecule is O=C(CC(C(F)F)n1ccc(F)n1)N1CCC(O)(Cn2cnc3c(Br)scc3c2=O)CC1. The fourth-order valence-corrected chi connectivity index (χ4v) is 5.10. The van der Waals surface area contributed by atoms with E-state index < -0.39 is 36.3 Å². The molecule has 4 rings (SSSR count). The van der Waals surface area contributed by atoms with Crippen LogP contribution in [0.3, 0.4) is 0 Å². The number of nitrogens with zero attached hydrogens (tertiary/aromatic N) is 5. The van der Waals surface area contributed by atoms with Crippen LogP contribution in [-0.4, -0.2) is 60.4 Å². The number of hydrogen-bond acceptors (Lipinski definition) is 6. The smallest absolute Gasteiger partial charge is 0.262 e. The number of rotatable bonds is 6. The van der Waals surface area contributed by atoms with Gasteiger partial charge in [-0.05, 0) is 28.8 Å². The Balaban J connectivity index is 1.40. The number of aliphatic hydroxyl groups is 1. The van der Waals surface area contributed by atoms with Crippen LogP contribution < -0.4 is 5.56 Å². The van der Waals surface area contributed by atoms with Crippen molar-refractivity contribution in [2.24, 2.45) is 0 Å². The zero-order valence-corrected chi connectivity index (χ0v) is 19.0. The van der Waals surface area contributed by atoms with E-state index in [4.69, 9.17) is 0 Å². The minimum atomic E-state index is -2.90. The summed E-state index contributed by atoms with van der Waals surface area (Å²) < 4.78 is 42.8. The summed E-state index contributed by atoms with van der Waals surface area (Å²) in [5.74, 6) is -1.43. The van der Waals surface area contributed by atoms with Crippen molar-refractivity contribution in [2.45, 2.75) is 43.9 Å². The molecule has 3 aromatic heterocycles. The van der Waals surface area contributed by atoms with E-state index >= 15 is 0 Å². The predicted octanol–water partition coefficient (Wildman–Crippen LogP) is 2.81. The molecule has 1 unspecified atom stereocenters. The number of halogens is 4. The molecular formula is C19H19BrF3N5O3S. The molecule has 32 heavy (non-hydrogen) atoms. The van der Waals surface area contributed by atoms with Crippen molar-refractivity contribution < 1.29 is 23.1 Å². The van der Waals surface area contributed by atoms with Gasteiger partial charge in [0.25, 0.3) is 12.0 Å². The van der Waals surface area contributed by atoms with Gasteiger partial charge in [-0.2, -0.15) is 4.39 Å². The van der Waals surface area contributed by atoms with Crippen LogP contribution in [0.15, 0.2) is 32.6 Å². The minimum Gasteiger partial charge on any atom is -0.388 e. The largest absolute Gasteiger partial charge is 0.388 e. The second-order valence-corrected chi connectivity index (χ2v) is 9.98. The highest BCUT2D eigenvalue weighted by molar-refractivity contribution is 9.11. The van der Waals surface area contributed by atoms with Gasteiger partial charge >= 0.3 is 0 Å². The maximum Gasteiger partial charge on any atom is 0.262 e. The van der Waals surface area contributed by atoms with E-state index in [-0.39, 0.29) is 38.0 Å².